The third-order valence-electron chi connectivity index (χ3n) is 6.35. The molecule has 0 atom stereocenters. The van der Waals surface area contributed by atoms with E-state index in [-0.39, 0.29) is 11.7 Å². The van der Waals surface area contributed by atoms with E-state index in [0.717, 1.165) is 62.2 Å². The van der Waals surface area contributed by atoms with Crippen LogP contribution in [0.3, 0.4) is 0 Å². The fraction of sp³-hybridized carbons (Fsp3) is 0.226. The van der Waals surface area contributed by atoms with Gasteiger partial charge in [0.05, 0.1) is 0 Å². The van der Waals surface area contributed by atoms with Crippen LogP contribution in [0.4, 0.5) is 0 Å². The number of aromatic hydroxyl groups is 1. The number of esters is 2. The third kappa shape index (κ3) is 5.41. The summed E-state index contributed by atoms with van der Waals surface area (Å²) < 4.78 is 10.9. The minimum atomic E-state index is -0.511. The van der Waals surface area contributed by atoms with Crippen LogP contribution in [0.25, 0.3) is 0 Å². The summed E-state index contributed by atoms with van der Waals surface area (Å²) in [6, 6.07) is 11.8. The van der Waals surface area contributed by atoms with Gasteiger partial charge in [0.2, 0.25) is 0 Å². The van der Waals surface area contributed by atoms with E-state index in [1.54, 1.807) is 0 Å². The Kier molecular flexibility index (Phi) is 7.83. The number of benzene rings is 3. The van der Waals surface area contributed by atoms with Gasteiger partial charge in [-0.3, -0.25) is 0 Å². The van der Waals surface area contributed by atoms with Crippen molar-refractivity contribution in [1.29, 1.82) is 0 Å². The highest BCUT2D eigenvalue weighted by Gasteiger charge is 2.25. The molecule has 0 saturated heterocycles. The second kappa shape index (κ2) is 10.6. The van der Waals surface area contributed by atoms with Crippen molar-refractivity contribution in [3.8, 4) is 17.2 Å². The minimum absolute atomic E-state index is 0.186. The average molecular weight is 485 g/mol. The first kappa shape index (κ1) is 26.5. The van der Waals surface area contributed by atoms with Gasteiger partial charge in [0.15, 0.2) is 0 Å². The lowest BCUT2D eigenvalue weighted by atomic mass is 9.79. The molecule has 5 nitrogen and oxygen atoms in total. The number of hydrogen-bond acceptors (Lipinski definition) is 5. The van der Waals surface area contributed by atoms with Crippen molar-refractivity contribution in [3.05, 3.63) is 112 Å². The van der Waals surface area contributed by atoms with E-state index in [0.29, 0.717) is 11.5 Å². The van der Waals surface area contributed by atoms with Gasteiger partial charge < -0.3 is 14.6 Å². The zero-order valence-corrected chi connectivity index (χ0v) is 21.7. The lowest BCUT2D eigenvalue weighted by molar-refractivity contribution is -0.129. The molecule has 0 aliphatic carbocycles. The monoisotopic (exact) mass is 484 g/mol. The van der Waals surface area contributed by atoms with E-state index in [9.17, 15) is 14.7 Å². The fourth-order valence-electron chi connectivity index (χ4n) is 4.45. The number of carbonyl (C=O) groups is 2. The molecule has 0 saturated carbocycles. The van der Waals surface area contributed by atoms with Crippen LogP contribution in [0.15, 0.2) is 61.7 Å². The number of ether oxygens (including phenoxy) is 2. The van der Waals surface area contributed by atoms with Gasteiger partial charge in [0, 0.05) is 18.1 Å². The van der Waals surface area contributed by atoms with Crippen LogP contribution in [0.5, 0.6) is 17.2 Å². The molecule has 0 radical (unpaired) electrons. The van der Waals surface area contributed by atoms with Gasteiger partial charge >= 0.3 is 11.9 Å². The number of hydrogen-bond donors (Lipinski definition) is 1. The second-order valence-electron chi connectivity index (χ2n) is 9.14. The van der Waals surface area contributed by atoms with Crippen LogP contribution in [-0.2, 0) is 9.59 Å². The predicted molar refractivity (Wildman–Crippen MR) is 142 cm³/mol. The summed E-state index contributed by atoms with van der Waals surface area (Å²) in [5.74, 6) is 0.0333. The molecule has 3 aromatic rings. The van der Waals surface area contributed by atoms with E-state index >= 15 is 0 Å². The molecule has 0 aliphatic heterocycles. The molecule has 1 N–H and O–H groups in total. The Labute approximate surface area is 212 Å². The van der Waals surface area contributed by atoms with Crippen LogP contribution >= 0.6 is 0 Å². The maximum atomic E-state index is 11.8. The Morgan fingerprint density at radius 2 is 1.06 bits per heavy atom. The summed E-state index contributed by atoms with van der Waals surface area (Å²) in [6.45, 7) is 18.5. The number of rotatable bonds is 7. The Hall–Kier alpha value is -4.12. The molecule has 0 bridgehead atoms. The highest BCUT2D eigenvalue weighted by Crippen LogP contribution is 2.41. The summed E-state index contributed by atoms with van der Waals surface area (Å²) in [5, 5.41) is 10.4. The summed E-state index contributed by atoms with van der Waals surface area (Å²) in [6.07, 6.45) is 2.28. The highest BCUT2D eigenvalue weighted by molar-refractivity contribution is 5.84. The number of phenolic OH excluding ortho intramolecular Hbond substituents is 1. The maximum Gasteiger partial charge on any atom is 0.335 e. The Morgan fingerprint density at radius 3 is 1.42 bits per heavy atom. The summed E-state index contributed by atoms with van der Waals surface area (Å²) in [7, 11) is 0. The topological polar surface area (TPSA) is 72.8 Å². The number of aryl methyl sites for hydroxylation is 6. The molecule has 0 fully saturated rings. The van der Waals surface area contributed by atoms with Crippen LogP contribution in [0.1, 0.15) is 56.0 Å². The zero-order valence-electron chi connectivity index (χ0n) is 21.7. The first-order valence-electron chi connectivity index (χ1n) is 11.7. The van der Waals surface area contributed by atoms with Crippen LogP contribution in [-0.4, -0.2) is 17.0 Å². The summed E-state index contributed by atoms with van der Waals surface area (Å²) in [4.78, 5) is 23.6. The maximum absolute atomic E-state index is 11.8. The Morgan fingerprint density at radius 1 is 0.667 bits per heavy atom. The largest absolute Gasteiger partial charge is 0.507 e. The third-order valence-corrected chi connectivity index (χ3v) is 6.35. The van der Waals surface area contributed by atoms with Crippen LogP contribution < -0.4 is 9.47 Å². The van der Waals surface area contributed by atoms with Crippen molar-refractivity contribution in [1.82, 2.24) is 0 Å². The van der Waals surface area contributed by atoms with E-state index in [1.807, 2.05) is 77.9 Å². The van der Waals surface area contributed by atoms with Gasteiger partial charge in [-0.1, -0.05) is 37.4 Å². The molecule has 0 spiro atoms. The molecule has 0 unspecified atom stereocenters. The molecule has 3 aromatic carbocycles. The van der Waals surface area contributed by atoms with Crippen molar-refractivity contribution in [2.45, 2.75) is 47.5 Å². The van der Waals surface area contributed by atoms with Gasteiger partial charge in [-0.05, 0) is 104 Å². The quantitative estimate of drug-likeness (QED) is 0.177. The molecule has 0 aromatic heterocycles. The predicted octanol–water partition coefficient (Wildman–Crippen LogP) is 6.61. The van der Waals surface area contributed by atoms with Gasteiger partial charge in [-0.25, -0.2) is 9.59 Å². The van der Waals surface area contributed by atoms with Gasteiger partial charge in [-0.2, -0.15) is 0 Å². The van der Waals surface area contributed by atoms with E-state index in [4.69, 9.17) is 9.47 Å². The molecule has 186 valence electrons. The SMILES string of the molecule is C=CC(=O)Oc1cc(C)c(C(c2cc(C)c(O)c(C)c2)c2cc(C)c(OC(=O)C=C)cc2C)cc1C. The van der Waals surface area contributed by atoms with Crippen LogP contribution in [0, 0.1) is 41.5 Å². The lowest BCUT2D eigenvalue weighted by Crippen LogP contribution is -2.11. The van der Waals surface area contributed by atoms with E-state index in [2.05, 4.69) is 13.2 Å². The number of phenols is 1. The zero-order chi connectivity index (χ0) is 26.7. The van der Waals surface area contributed by atoms with Gasteiger partial charge in [0.25, 0.3) is 0 Å². The van der Waals surface area contributed by atoms with Crippen molar-refractivity contribution >= 4 is 11.9 Å². The van der Waals surface area contributed by atoms with Gasteiger partial charge in [0.1, 0.15) is 17.2 Å². The second-order valence-corrected chi connectivity index (χ2v) is 9.14. The minimum Gasteiger partial charge on any atom is -0.507 e. The van der Waals surface area contributed by atoms with Gasteiger partial charge in [-0.15, -0.1) is 0 Å². The smallest absolute Gasteiger partial charge is 0.335 e. The van der Waals surface area contributed by atoms with Crippen molar-refractivity contribution in [2.75, 3.05) is 0 Å². The molecule has 5 heteroatoms. The van der Waals surface area contributed by atoms with E-state index in [1.165, 1.54) is 0 Å². The summed E-state index contributed by atoms with van der Waals surface area (Å²) >= 11 is 0. The lowest BCUT2D eigenvalue weighted by Gasteiger charge is -2.26. The van der Waals surface area contributed by atoms with Crippen molar-refractivity contribution < 1.29 is 24.2 Å². The van der Waals surface area contributed by atoms with Crippen molar-refractivity contribution in [2.24, 2.45) is 0 Å². The number of carbonyl (C=O) groups excluding carboxylic acids is 2. The normalized spacial score (nSPS) is 10.8. The molecule has 0 heterocycles. The fourth-order valence-corrected chi connectivity index (χ4v) is 4.45. The Bertz CT molecular complexity index is 1280. The molecule has 0 aliphatic rings. The Balaban J connectivity index is 2.27. The summed E-state index contributed by atoms with van der Waals surface area (Å²) in [5.41, 5.74) is 8.17. The van der Waals surface area contributed by atoms with Crippen molar-refractivity contribution in [3.63, 3.8) is 0 Å². The molecule has 36 heavy (non-hydrogen) atoms. The van der Waals surface area contributed by atoms with E-state index < -0.39 is 11.9 Å². The molecule has 0 amide bonds. The first-order chi connectivity index (χ1) is 17.0. The molecular weight excluding hydrogens is 452 g/mol. The average Bonchev–Trinajstić information content (AvgIpc) is 2.83. The van der Waals surface area contributed by atoms with Crippen LogP contribution in [0.2, 0.25) is 0 Å². The standard InChI is InChI=1S/C31H32O5/c1-9-28(32)35-26-15-17(3)24(13-19(26)5)30(23-11-21(7)31(34)22(8)12-23)25-14-20(6)27(16-18(25)4)36-29(33)10-2/h9-16,30,34H,1-2H2,3-8H3. The highest BCUT2D eigenvalue weighted by atomic mass is 16.5. The molecular formula is C31H32O5. The molecule has 3 rings (SSSR count). The first-order valence-corrected chi connectivity index (χ1v) is 11.7.